The first-order valence-corrected chi connectivity index (χ1v) is 10.9. The van der Waals surface area contributed by atoms with Crippen LogP contribution in [0.2, 0.25) is 5.02 Å². The number of nitriles is 1. The highest BCUT2D eigenvalue weighted by atomic mass is 35.5. The van der Waals surface area contributed by atoms with Crippen LogP contribution in [0.1, 0.15) is 23.1 Å². The molecule has 6 rings (SSSR count). The van der Waals surface area contributed by atoms with Crippen LogP contribution in [0.25, 0.3) is 0 Å². The molecule has 0 radical (unpaired) electrons. The molecular formula is C24H14ClF3N4O3. The molecule has 3 aliphatic rings. The summed E-state index contributed by atoms with van der Waals surface area (Å²) in [7, 11) is 0. The highest BCUT2D eigenvalue weighted by Crippen LogP contribution is 2.61. The number of hydrogen-bond acceptors (Lipinski definition) is 6. The molecule has 2 aromatic carbocycles. The van der Waals surface area contributed by atoms with Gasteiger partial charge >= 0.3 is 11.9 Å². The number of benzene rings is 2. The summed E-state index contributed by atoms with van der Waals surface area (Å²) in [6, 6.07) is 11.4. The highest BCUT2D eigenvalue weighted by molar-refractivity contribution is 6.31. The highest BCUT2D eigenvalue weighted by Gasteiger charge is 2.64. The lowest BCUT2D eigenvalue weighted by atomic mass is 10.1. The normalized spacial score (nSPS) is 19.1. The van der Waals surface area contributed by atoms with E-state index < -0.39 is 16.8 Å². The van der Waals surface area contributed by atoms with E-state index in [1.165, 1.54) is 23.8 Å². The summed E-state index contributed by atoms with van der Waals surface area (Å²) in [5.41, 5.74) is 0.579. The lowest BCUT2D eigenvalue weighted by Crippen LogP contribution is -2.35. The summed E-state index contributed by atoms with van der Waals surface area (Å²) in [5.74, 6) is 0.877. The van der Waals surface area contributed by atoms with E-state index in [0.29, 0.717) is 12.1 Å². The maximum Gasteiger partial charge on any atom is 0.417 e. The van der Waals surface area contributed by atoms with Crippen LogP contribution in [0.15, 0.2) is 59.0 Å². The average molecular weight is 499 g/mol. The Morgan fingerprint density at radius 3 is 2.74 bits per heavy atom. The van der Waals surface area contributed by atoms with Crippen LogP contribution in [-0.4, -0.2) is 15.1 Å². The van der Waals surface area contributed by atoms with E-state index in [2.05, 4.69) is 9.88 Å². The van der Waals surface area contributed by atoms with Crippen molar-refractivity contribution in [3.63, 3.8) is 0 Å². The van der Waals surface area contributed by atoms with Crippen molar-refractivity contribution in [1.29, 1.82) is 5.26 Å². The van der Waals surface area contributed by atoms with Crippen LogP contribution in [0.3, 0.4) is 0 Å². The first kappa shape index (κ1) is 21.6. The largest absolute Gasteiger partial charge is 0.473 e. The average Bonchev–Trinajstić information content (AvgIpc) is 3.26. The molecule has 3 heterocycles. The minimum Gasteiger partial charge on any atom is -0.473 e. The van der Waals surface area contributed by atoms with Crippen molar-refractivity contribution in [2.75, 3.05) is 4.90 Å². The number of halogens is 4. The predicted molar refractivity (Wildman–Crippen MR) is 118 cm³/mol. The zero-order valence-electron chi connectivity index (χ0n) is 17.8. The van der Waals surface area contributed by atoms with Crippen LogP contribution in [-0.2, 0) is 19.3 Å². The monoisotopic (exact) mass is 498 g/mol. The Bertz CT molecular complexity index is 1540. The zero-order valence-corrected chi connectivity index (χ0v) is 18.5. The summed E-state index contributed by atoms with van der Waals surface area (Å²) in [4.78, 5) is 18.5. The van der Waals surface area contributed by atoms with Gasteiger partial charge in [-0.25, -0.2) is 4.79 Å². The third-order valence-corrected chi connectivity index (χ3v) is 6.69. The van der Waals surface area contributed by atoms with Crippen molar-refractivity contribution >= 4 is 17.4 Å². The quantitative estimate of drug-likeness (QED) is 0.491. The minimum atomic E-state index is -4.64. The number of anilines is 1. The molecule has 0 amide bonds. The van der Waals surface area contributed by atoms with Gasteiger partial charge in [0.2, 0.25) is 5.88 Å². The van der Waals surface area contributed by atoms with Gasteiger partial charge in [0.25, 0.3) is 0 Å². The fraction of sp³-hybridized carbons (Fsp3) is 0.208. The van der Waals surface area contributed by atoms with Gasteiger partial charge in [-0.2, -0.15) is 23.4 Å². The number of aromatic nitrogens is 2. The summed E-state index contributed by atoms with van der Waals surface area (Å²) in [6.45, 7) is 0.627. The van der Waals surface area contributed by atoms with Gasteiger partial charge in [-0.15, -0.1) is 0 Å². The Kier molecular flexibility index (Phi) is 4.47. The van der Waals surface area contributed by atoms with Gasteiger partial charge in [0.1, 0.15) is 30.0 Å². The van der Waals surface area contributed by atoms with Crippen molar-refractivity contribution in [2.45, 2.75) is 31.3 Å². The minimum absolute atomic E-state index is 0.0241. The Labute approximate surface area is 201 Å². The van der Waals surface area contributed by atoms with Crippen LogP contribution >= 0.6 is 11.6 Å². The Balaban J connectivity index is 1.19. The summed E-state index contributed by atoms with van der Waals surface area (Å²) in [6.07, 6.45) is -1.65. The molecule has 35 heavy (non-hydrogen) atoms. The van der Waals surface area contributed by atoms with Gasteiger partial charge in [-0.3, -0.25) is 4.57 Å². The summed E-state index contributed by atoms with van der Waals surface area (Å²) >= 11 is 5.64. The van der Waals surface area contributed by atoms with Crippen LogP contribution in [0, 0.1) is 11.3 Å². The van der Waals surface area contributed by atoms with Gasteiger partial charge in [-0.05, 0) is 41.5 Å². The van der Waals surface area contributed by atoms with E-state index in [4.69, 9.17) is 21.1 Å². The third-order valence-electron chi connectivity index (χ3n) is 6.36. The smallest absolute Gasteiger partial charge is 0.417 e. The van der Waals surface area contributed by atoms with Gasteiger partial charge in [0.15, 0.2) is 0 Å². The van der Waals surface area contributed by atoms with E-state index in [-0.39, 0.29) is 40.8 Å². The van der Waals surface area contributed by atoms with E-state index >= 15 is 0 Å². The first-order chi connectivity index (χ1) is 16.7. The molecule has 0 saturated heterocycles. The second kappa shape index (κ2) is 7.26. The molecule has 1 spiro atoms. The zero-order chi connectivity index (χ0) is 24.5. The van der Waals surface area contributed by atoms with Gasteiger partial charge < -0.3 is 14.4 Å². The number of nitrogens with zero attached hydrogens (tertiary/aromatic N) is 4. The van der Waals surface area contributed by atoms with Crippen molar-refractivity contribution < 1.29 is 22.6 Å². The van der Waals surface area contributed by atoms with Crippen LogP contribution < -0.4 is 20.1 Å². The second-order valence-electron chi connectivity index (χ2n) is 8.53. The number of rotatable bonds is 5. The van der Waals surface area contributed by atoms with Gasteiger partial charge in [0, 0.05) is 18.7 Å². The number of alkyl halides is 3. The molecule has 1 unspecified atom stereocenters. The fourth-order valence-electron chi connectivity index (χ4n) is 4.48. The van der Waals surface area contributed by atoms with Crippen molar-refractivity contribution in [3.8, 4) is 23.4 Å². The van der Waals surface area contributed by atoms with Gasteiger partial charge in [-0.1, -0.05) is 17.7 Å². The Morgan fingerprint density at radius 1 is 1.20 bits per heavy atom. The molecule has 0 bridgehead atoms. The molecule has 7 nitrogen and oxygen atoms in total. The third kappa shape index (κ3) is 3.42. The van der Waals surface area contributed by atoms with Crippen molar-refractivity contribution in [2.24, 2.45) is 0 Å². The summed E-state index contributed by atoms with van der Waals surface area (Å²) < 4.78 is 52.2. The lowest BCUT2D eigenvalue weighted by Gasteiger charge is -2.27. The first-order valence-electron chi connectivity index (χ1n) is 10.5. The molecule has 1 aromatic heterocycles. The van der Waals surface area contributed by atoms with Crippen LogP contribution in [0.4, 0.5) is 19.0 Å². The van der Waals surface area contributed by atoms with Crippen molar-refractivity contribution in [1.82, 2.24) is 9.55 Å². The molecule has 1 fully saturated rings. The molecule has 2 aliphatic heterocycles. The fourth-order valence-corrected chi connectivity index (χ4v) is 4.70. The molecule has 3 aromatic rings. The Morgan fingerprint density at radius 2 is 2.03 bits per heavy atom. The molecule has 11 heteroatoms. The van der Waals surface area contributed by atoms with Gasteiger partial charge in [0.05, 0.1) is 28.2 Å². The molecule has 1 aliphatic carbocycles. The maximum atomic E-state index is 13.1. The molecule has 1 atom stereocenters. The SMILES string of the molecule is N#Cc1cc(COc2cc3n(c(=O)n2)CC24CC2=CN34)ccc1Oc1ccc(Cl)c(C(F)(F)F)c1. The Hall–Kier alpha value is -3.97. The molecule has 0 N–H and O–H groups in total. The number of ether oxygens (including phenoxy) is 2. The van der Waals surface area contributed by atoms with E-state index in [1.807, 2.05) is 12.3 Å². The maximum absolute atomic E-state index is 13.1. The molecular weight excluding hydrogens is 485 g/mol. The molecule has 176 valence electrons. The summed E-state index contributed by atoms with van der Waals surface area (Å²) in [5, 5.41) is 9.08. The van der Waals surface area contributed by atoms with E-state index in [9.17, 15) is 23.2 Å². The second-order valence-corrected chi connectivity index (χ2v) is 8.93. The number of hydrogen-bond donors (Lipinski definition) is 0. The molecule has 1 saturated carbocycles. The predicted octanol–water partition coefficient (Wildman–Crippen LogP) is 5.02. The van der Waals surface area contributed by atoms with Crippen LogP contribution in [0.5, 0.6) is 17.4 Å². The van der Waals surface area contributed by atoms with E-state index in [0.717, 1.165) is 24.4 Å². The van der Waals surface area contributed by atoms with Crippen molar-refractivity contribution in [3.05, 3.63) is 86.4 Å². The lowest BCUT2D eigenvalue weighted by molar-refractivity contribution is -0.137. The number of fused-ring (bicyclic) bond motifs is 2. The van der Waals surface area contributed by atoms with E-state index in [1.54, 1.807) is 16.7 Å². The standard InChI is InChI=1S/C24H14ClF3N4O3/c25-18-3-2-16(6-17(18)24(26,27)28)35-19-4-1-13(5-14(19)9-29)11-34-20-7-21-31(22(33)30-20)12-23-8-15(23)10-32(21)23/h1-7,10H,8,11-12H2. The topological polar surface area (TPSA) is 80.4 Å².